The molecule has 0 unspecified atom stereocenters. The van der Waals surface area contributed by atoms with Gasteiger partial charge in [0.15, 0.2) is 0 Å². The average molecular weight is 210 g/mol. The number of nitrogens with one attached hydrogen (secondary N) is 1. The SMILES string of the molecule is CCCCCCCCNOCC.Cl. The highest BCUT2D eigenvalue weighted by Crippen LogP contribution is 2.03. The summed E-state index contributed by atoms with van der Waals surface area (Å²) >= 11 is 0. The molecule has 0 aliphatic carbocycles. The summed E-state index contributed by atoms with van der Waals surface area (Å²) in [6, 6.07) is 0. The summed E-state index contributed by atoms with van der Waals surface area (Å²) in [6.45, 7) is 6.00. The van der Waals surface area contributed by atoms with Crippen LogP contribution in [0.4, 0.5) is 0 Å². The molecule has 0 aromatic carbocycles. The molecule has 0 aromatic heterocycles. The van der Waals surface area contributed by atoms with E-state index in [1.54, 1.807) is 0 Å². The van der Waals surface area contributed by atoms with Crippen LogP contribution in [0.15, 0.2) is 0 Å². The lowest BCUT2D eigenvalue weighted by Gasteiger charge is -2.02. The number of unbranched alkanes of at least 4 members (excludes halogenated alkanes) is 5. The zero-order chi connectivity index (χ0) is 9.07. The van der Waals surface area contributed by atoms with Crippen LogP contribution in [0.2, 0.25) is 0 Å². The second-order valence-electron chi connectivity index (χ2n) is 3.10. The molecule has 0 bridgehead atoms. The van der Waals surface area contributed by atoms with Crippen molar-refractivity contribution >= 4 is 12.4 Å². The fourth-order valence-electron chi connectivity index (χ4n) is 1.15. The molecule has 0 fully saturated rings. The fourth-order valence-corrected chi connectivity index (χ4v) is 1.15. The van der Waals surface area contributed by atoms with Crippen LogP contribution < -0.4 is 5.48 Å². The second-order valence-corrected chi connectivity index (χ2v) is 3.10. The average Bonchev–Trinajstić information content (AvgIpc) is 2.10. The lowest BCUT2D eigenvalue weighted by molar-refractivity contribution is 0.0500. The number of hydrogen-bond donors (Lipinski definition) is 1. The van der Waals surface area contributed by atoms with Crippen molar-refractivity contribution in [2.45, 2.75) is 52.4 Å². The highest BCUT2D eigenvalue weighted by Gasteiger charge is 1.89. The Hall–Kier alpha value is 0.210. The summed E-state index contributed by atoms with van der Waals surface area (Å²) in [6.07, 6.45) is 8.06. The molecule has 13 heavy (non-hydrogen) atoms. The van der Waals surface area contributed by atoms with Crippen molar-refractivity contribution in [1.29, 1.82) is 0 Å². The lowest BCUT2D eigenvalue weighted by atomic mass is 10.1. The van der Waals surface area contributed by atoms with Gasteiger partial charge in [0, 0.05) is 6.54 Å². The summed E-state index contributed by atoms with van der Waals surface area (Å²) in [5, 5.41) is 0. The van der Waals surface area contributed by atoms with Crippen LogP contribution in [-0.2, 0) is 4.84 Å². The topological polar surface area (TPSA) is 21.3 Å². The van der Waals surface area contributed by atoms with E-state index >= 15 is 0 Å². The van der Waals surface area contributed by atoms with Crippen molar-refractivity contribution in [1.82, 2.24) is 5.48 Å². The standard InChI is InChI=1S/C10H23NO.ClH/c1-3-5-6-7-8-9-10-11-12-4-2;/h11H,3-10H2,1-2H3;1H. The lowest BCUT2D eigenvalue weighted by Crippen LogP contribution is -2.15. The molecule has 0 rings (SSSR count). The highest BCUT2D eigenvalue weighted by atomic mass is 35.5. The first kappa shape index (κ1) is 15.7. The number of hydroxylamine groups is 1. The third kappa shape index (κ3) is 15.0. The number of hydrogen-bond acceptors (Lipinski definition) is 2. The Morgan fingerprint density at radius 1 is 0.923 bits per heavy atom. The van der Waals surface area contributed by atoms with E-state index in [0.717, 1.165) is 13.2 Å². The van der Waals surface area contributed by atoms with Gasteiger partial charge in [0.1, 0.15) is 0 Å². The van der Waals surface area contributed by atoms with Crippen molar-refractivity contribution in [3.8, 4) is 0 Å². The maximum atomic E-state index is 5.01. The van der Waals surface area contributed by atoms with Crippen molar-refractivity contribution < 1.29 is 4.84 Å². The van der Waals surface area contributed by atoms with Gasteiger partial charge >= 0.3 is 0 Å². The Morgan fingerprint density at radius 3 is 2.15 bits per heavy atom. The first-order chi connectivity index (χ1) is 5.91. The minimum Gasteiger partial charge on any atom is -0.302 e. The van der Waals surface area contributed by atoms with Gasteiger partial charge in [0.05, 0.1) is 6.61 Å². The van der Waals surface area contributed by atoms with Crippen molar-refractivity contribution in [2.75, 3.05) is 13.2 Å². The van der Waals surface area contributed by atoms with Crippen LogP contribution in [0.3, 0.4) is 0 Å². The van der Waals surface area contributed by atoms with E-state index in [1.807, 2.05) is 6.92 Å². The first-order valence-electron chi connectivity index (χ1n) is 5.26. The molecule has 0 saturated carbocycles. The maximum Gasteiger partial charge on any atom is 0.0653 e. The predicted octanol–water partition coefficient (Wildman–Crippen LogP) is 3.31. The summed E-state index contributed by atoms with van der Waals surface area (Å²) in [4.78, 5) is 5.01. The van der Waals surface area contributed by atoms with E-state index in [1.165, 1.54) is 38.5 Å². The molecule has 0 amide bonds. The summed E-state index contributed by atoms with van der Waals surface area (Å²) in [5.41, 5.74) is 2.93. The smallest absolute Gasteiger partial charge is 0.0653 e. The van der Waals surface area contributed by atoms with Gasteiger partial charge in [-0.3, -0.25) is 0 Å². The quantitative estimate of drug-likeness (QED) is 0.465. The largest absolute Gasteiger partial charge is 0.302 e. The van der Waals surface area contributed by atoms with Gasteiger partial charge in [-0.25, -0.2) is 5.48 Å². The summed E-state index contributed by atoms with van der Waals surface area (Å²) < 4.78 is 0. The van der Waals surface area contributed by atoms with Gasteiger partial charge in [-0.05, 0) is 13.3 Å². The van der Waals surface area contributed by atoms with Crippen LogP contribution in [0.1, 0.15) is 52.4 Å². The Balaban J connectivity index is 0. The maximum absolute atomic E-state index is 5.01. The second kappa shape index (κ2) is 14.7. The molecule has 0 spiro atoms. The van der Waals surface area contributed by atoms with Gasteiger partial charge in [-0.2, -0.15) is 0 Å². The highest BCUT2D eigenvalue weighted by molar-refractivity contribution is 5.85. The van der Waals surface area contributed by atoms with Crippen molar-refractivity contribution in [3.63, 3.8) is 0 Å². The van der Waals surface area contributed by atoms with Crippen molar-refractivity contribution in [2.24, 2.45) is 0 Å². The van der Waals surface area contributed by atoms with Crippen LogP contribution in [-0.4, -0.2) is 13.2 Å². The van der Waals surface area contributed by atoms with E-state index in [-0.39, 0.29) is 12.4 Å². The number of halogens is 1. The Labute approximate surface area is 88.8 Å². The minimum atomic E-state index is 0. The molecule has 3 heteroatoms. The molecule has 82 valence electrons. The Morgan fingerprint density at radius 2 is 1.54 bits per heavy atom. The van der Waals surface area contributed by atoms with Crippen LogP contribution in [0, 0.1) is 0 Å². The van der Waals surface area contributed by atoms with E-state index < -0.39 is 0 Å². The van der Waals surface area contributed by atoms with Gasteiger partial charge < -0.3 is 4.84 Å². The third-order valence-corrected chi connectivity index (χ3v) is 1.88. The Kier molecular flexibility index (Phi) is 17.7. The minimum absolute atomic E-state index is 0. The molecule has 0 aliphatic rings. The molecule has 0 aromatic rings. The molecule has 0 atom stereocenters. The van der Waals surface area contributed by atoms with Crippen LogP contribution in [0.25, 0.3) is 0 Å². The van der Waals surface area contributed by atoms with E-state index in [4.69, 9.17) is 4.84 Å². The van der Waals surface area contributed by atoms with Gasteiger partial charge in [-0.15, -0.1) is 12.4 Å². The number of rotatable bonds is 9. The zero-order valence-electron chi connectivity index (χ0n) is 8.97. The first-order valence-corrected chi connectivity index (χ1v) is 5.26. The molecule has 1 N–H and O–H groups in total. The normalized spacial score (nSPS) is 9.69. The van der Waals surface area contributed by atoms with E-state index in [2.05, 4.69) is 12.4 Å². The predicted molar refractivity (Wildman–Crippen MR) is 60.3 cm³/mol. The molecular formula is C10H24ClNO. The van der Waals surface area contributed by atoms with Gasteiger partial charge in [0.25, 0.3) is 0 Å². The van der Waals surface area contributed by atoms with E-state index in [0.29, 0.717) is 0 Å². The monoisotopic (exact) mass is 209 g/mol. The van der Waals surface area contributed by atoms with E-state index in [9.17, 15) is 0 Å². The molecule has 0 saturated heterocycles. The van der Waals surface area contributed by atoms with Gasteiger partial charge in [-0.1, -0.05) is 39.0 Å². The van der Waals surface area contributed by atoms with Crippen molar-refractivity contribution in [3.05, 3.63) is 0 Å². The third-order valence-electron chi connectivity index (χ3n) is 1.88. The molecule has 0 radical (unpaired) electrons. The van der Waals surface area contributed by atoms with Crippen LogP contribution >= 0.6 is 12.4 Å². The Bertz CT molecular complexity index is 71.3. The van der Waals surface area contributed by atoms with Crippen LogP contribution in [0.5, 0.6) is 0 Å². The molecular weight excluding hydrogens is 186 g/mol. The molecule has 0 heterocycles. The molecule has 0 aliphatic heterocycles. The zero-order valence-corrected chi connectivity index (χ0v) is 9.79. The van der Waals surface area contributed by atoms with Gasteiger partial charge in [0.2, 0.25) is 0 Å². The summed E-state index contributed by atoms with van der Waals surface area (Å²) in [5.74, 6) is 0. The molecule has 2 nitrogen and oxygen atoms in total. The fraction of sp³-hybridized carbons (Fsp3) is 1.00. The summed E-state index contributed by atoms with van der Waals surface area (Å²) in [7, 11) is 0.